The lowest BCUT2D eigenvalue weighted by atomic mass is 9.85. The van der Waals surface area contributed by atoms with Crippen LogP contribution >= 0.6 is 12.4 Å². The number of piperidine rings is 1. The Morgan fingerprint density at radius 1 is 1.30 bits per heavy atom. The maximum atomic E-state index is 12.3. The van der Waals surface area contributed by atoms with Gasteiger partial charge >= 0.3 is 0 Å². The highest BCUT2D eigenvalue weighted by Crippen LogP contribution is 2.23. The quantitative estimate of drug-likeness (QED) is 0.826. The zero-order valence-corrected chi connectivity index (χ0v) is 15.4. The number of nitrogens with one attached hydrogen (secondary N) is 2. The van der Waals surface area contributed by atoms with Gasteiger partial charge in [0, 0.05) is 6.42 Å². The average Bonchev–Trinajstić information content (AvgIpc) is 2.55. The average molecular weight is 339 g/mol. The molecular weight excluding hydrogens is 308 g/mol. The van der Waals surface area contributed by atoms with Crippen LogP contribution in [-0.4, -0.2) is 19.0 Å². The standard InChI is InChI=1S/C19H30N2O.ClH/c1-4-16-7-9-17(10-8-16)15(3)21-19(22)12-14(2)18-6-5-11-20-13-18;/h7-10,14-15,18,20H,4-6,11-13H2,1-3H3,(H,21,22);1H. The SMILES string of the molecule is CCc1ccc(C(C)NC(=O)CC(C)C2CCCNC2)cc1.Cl. The van der Waals surface area contributed by atoms with Crippen molar-refractivity contribution in [3.63, 3.8) is 0 Å². The van der Waals surface area contributed by atoms with E-state index in [-0.39, 0.29) is 24.4 Å². The van der Waals surface area contributed by atoms with Crippen molar-refractivity contribution in [2.24, 2.45) is 11.8 Å². The van der Waals surface area contributed by atoms with Crippen LogP contribution in [0.1, 0.15) is 57.2 Å². The number of amides is 1. The van der Waals surface area contributed by atoms with E-state index in [1.165, 1.54) is 24.0 Å². The third-order valence-electron chi connectivity index (χ3n) is 4.91. The fourth-order valence-electron chi connectivity index (χ4n) is 3.25. The van der Waals surface area contributed by atoms with Gasteiger partial charge in [0.1, 0.15) is 0 Å². The summed E-state index contributed by atoms with van der Waals surface area (Å²) < 4.78 is 0. The number of hydrogen-bond donors (Lipinski definition) is 2. The first-order chi connectivity index (χ1) is 10.6. The van der Waals surface area contributed by atoms with Gasteiger partial charge in [0.15, 0.2) is 0 Å². The molecule has 0 aliphatic carbocycles. The fraction of sp³-hybridized carbons (Fsp3) is 0.632. The van der Waals surface area contributed by atoms with Crippen LogP contribution in [0.3, 0.4) is 0 Å². The Morgan fingerprint density at radius 2 is 2.00 bits per heavy atom. The van der Waals surface area contributed by atoms with Crippen LogP contribution < -0.4 is 10.6 Å². The molecule has 130 valence electrons. The van der Waals surface area contributed by atoms with E-state index in [1.807, 2.05) is 0 Å². The first-order valence-corrected chi connectivity index (χ1v) is 8.69. The van der Waals surface area contributed by atoms with Crippen LogP contribution in [0.4, 0.5) is 0 Å². The molecule has 1 aliphatic rings. The predicted molar refractivity (Wildman–Crippen MR) is 99.0 cm³/mol. The Bertz CT molecular complexity index is 469. The molecule has 0 spiro atoms. The highest BCUT2D eigenvalue weighted by molar-refractivity contribution is 5.85. The molecule has 3 unspecified atom stereocenters. The molecule has 2 rings (SSSR count). The first-order valence-electron chi connectivity index (χ1n) is 8.69. The number of halogens is 1. The Labute approximate surface area is 147 Å². The van der Waals surface area contributed by atoms with E-state index >= 15 is 0 Å². The summed E-state index contributed by atoms with van der Waals surface area (Å²) in [6.45, 7) is 8.61. The van der Waals surface area contributed by atoms with Crippen molar-refractivity contribution in [2.45, 2.75) is 52.5 Å². The third-order valence-corrected chi connectivity index (χ3v) is 4.91. The lowest BCUT2D eigenvalue weighted by molar-refractivity contribution is -0.123. The minimum absolute atomic E-state index is 0. The summed E-state index contributed by atoms with van der Waals surface area (Å²) >= 11 is 0. The monoisotopic (exact) mass is 338 g/mol. The van der Waals surface area contributed by atoms with E-state index in [9.17, 15) is 4.79 Å². The molecule has 1 amide bonds. The lowest BCUT2D eigenvalue weighted by Crippen LogP contribution is -2.36. The lowest BCUT2D eigenvalue weighted by Gasteiger charge is -2.28. The van der Waals surface area contributed by atoms with Crippen molar-refractivity contribution in [3.8, 4) is 0 Å². The highest BCUT2D eigenvalue weighted by atomic mass is 35.5. The summed E-state index contributed by atoms with van der Waals surface area (Å²) in [6, 6.07) is 8.62. The van der Waals surface area contributed by atoms with Gasteiger partial charge in [0.2, 0.25) is 5.91 Å². The van der Waals surface area contributed by atoms with Gasteiger partial charge in [-0.1, -0.05) is 38.1 Å². The van der Waals surface area contributed by atoms with Gasteiger partial charge in [-0.15, -0.1) is 12.4 Å². The van der Waals surface area contributed by atoms with Crippen molar-refractivity contribution < 1.29 is 4.79 Å². The molecule has 0 saturated carbocycles. The summed E-state index contributed by atoms with van der Waals surface area (Å²) in [5.41, 5.74) is 2.51. The van der Waals surface area contributed by atoms with Crippen molar-refractivity contribution in [1.82, 2.24) is 10.6 Å². The van der Waals surface area contributed by atoms with Gasteiger partial charge in [-0.05, 0) is 62.2 Å². The molecule has 1 heterocycles. The van der Waals surface area contributed by atoms with Crippen LogP contribution in [0.15, 0.2) is 24.3 Å². The molecule has 23 heavy (non-hydrogen) atoms. The molecule has 2 N–H and O–H groups in total. The minimum atomic E-state index is 0. The second-order valence-corrected chi connectivity index (χ2v) is 6.67. The van der Waals surface area contributed by atoms with Gasteiger partial charge in [-0.3, -0.25) is 4.79 Å². The largest absolute Gasteiger partial charge is 0.350 e. The summed E-state index contributed by atoms with van der Waals surface area (Å²) in [4.78, 5) is 12.3. The van der Waals surface area contributed by atoms with E-state index < -0.39 is 0 Å². The van der Waals surface area contributed by atoms with E-state index in [0.717, 1.165) is 19.5 Å². The molecule has 4 heteroatoms. The Hall–Kier alpha value is -1.06. The normalized spacial score (nSPS) is 20.2. The van der Waals surface area contributed by atoms with E-state index in [1.54, 1.807) is 0 Å². The number of hydrogen-bond acceptors (Lipinski definition) is 2. The first kappa shape index (κ1) is 20.0. The van der Waals surface area contributed by atoms with Gasteiger partial charge in [0.25, 0.3) is 0 Å². The van der Waals surface area contributed by atoms with Crippen molar-refractivity contribution in [3.05, 3.63) is 35.4 Å². The molecule has 0 bridgehead atoms. The molecule has 0 radical (unpaired) electrons. The Balaban J connectivity index is 0.00000264. The van der Waals surface area contributed by atoms with Crippen LogP contribution in [0.5, 0.6) is 0 Å². The van der Waals surface area contributed by atoms with Crippen LogP contribution in [0.25, 0.3) is 0 Å². The molecule has 1 saturated heterocycles. The number of benzene rings is 1. The van der Waals surface area contributed by atoms with Gasteiger partial charge in [-0.2, -0.15) is 0 Å². The third kappa shape index (κ3) is 6.15. The second kappa shape index (κ2) is 9.94. The summed E-state index contributed by atoms with van der Waals surface area (Å²) in [6.07, 6.45) is 4.16. The highest BCUT2D eigenvalue weighted by Gasteiger charge is 2.22. The predicted octanol–water partition coefficient (Wildman–Crippen LogP) is 3.87. The number of carbonyl (C=O) groups is 1. The maximum absolute atomic E-state index is 12.3. The van der Waals surface area contributed by atoms with Gasteiger partial charge in [0.05, 0.1) is 6.04 Å². The summed E-state index contributed by atoms with van der Waals surface area (Å²) in [5.74, 6) is 1.26. The molecule has 3 atom stereocenters. The fourth-order valence-corrected chi connectivity index (χ4v) is 3.25. The molecule has 1 aromatic rings. The van der Waals surface area contributed by atoms with Gasteiger partial charge < -0.3 is 10.6 Å². The molecular formula is C19H31ClN2O. The van der Waals surface area contributed by atoms with Gasteiger partial charge in [-0.25, -0.2) is 0 Å². The smallest absolute Gasteiger partial charge is 0.220 e. The van der Waals surface area contributed by atoms with Crippen molar-refractivity contribution >= 4 is 18.3 Å². The topological polar surface area (TPSA) is 41.1 Å². The number of rotatable bonds is 6. The molecule has 1 aromatic carbocycles. The van der Waals surface area contributed by atoms with Crippen LogP contribution in [0, 0.1) is 11.8 Å². The summed E-state index contributed by atoms with van der Waals surface area (Å²) in [5, 5.41) is 6.58. The van der Waals surface area contributed by atoms with Crippen molar-refractivity contribution in [1.29, 1.82) is 0 Å². The second-order valence-electron chi connectivity index (χ2n) is 6.67. The zero-order chi connectivity index (χ0) is 15.9. The maximum Gasteiger partial charge on any atom is 0.220 e. The molecule has 1 aliphatic heterocycles. The van der Waals surface area contributed by atoms with Crippen molar-refractivity contribution in [2.75, 3.05) is 13.1 Å². The summed E-state index contributed by atoms with van der Waals surface area (Å²) in [7, 11) is 0. The zero-order valence-electron chi connectivity index (χ0n) is 14.6. The molecule has 1 fully saturated rings. The van der Waals surface area contributed by atoms with E-state index in [4.69, 9.17) is 0 Å². The van der Waals surface area contributed by atoms with Crippen LogP contribution in [-0.2, 0) is 11.2 Å². The Morgan fingerprint density at radius 3 is 2.57 bits per heavy atom. The van der Waals surface area contributed by atoms with E-state index in [2.05, 4.69) is 55.7 Å². The minimum Gasteiger partial charge on any atom is -0.350 e. The molecule has 0 aromatic heterocycles. The number of aryl methyl sites for hydroxylation is 1. The van der Waals surface area contributed by atoms with Crippen LogP contribution in [0.2, 0.25) is 0 Å². The number of carbonyl (C=O) groups excluding carboxylic acids is 1. The molecule has 3 nitrogen and oxygen atoms in total. The van der Waals surface area contributed by atoms with E-state index in [0.29, 0.717) is 18.3 Å². The Kier molecular flexibility index (Phi) is 8.64.